The van der Waals surface area contributed by atoms with Crippen LogP contribution in [0.15, 0.2) is 13.2 Å². The molecule has 74 valence electrons. The molecule has 0 aliphatic carbocycles. The molecule has 1 heterocycles. The van der Waals surface area contributed by atoms with Gasteiger partial charge in [0.2, 0.25) is 0 Å². The van der Waals surface area contributed by atoms with Gasteiger partial charge in [0.1, 0.15) is 0 Å². The molecule has 1 saturated heterocycles. The fraction of sp³-hybridized carbons (Fsp3) is 0.800. The molecule has 2 nitrogen and oxygen atoms in total. The molecule has 1 fully saturated rings. The van der Waals surface area contributed by atoms with Crippen molar-refractivity contribution in [1.82, 2.24) is 0 Å². The van der Waals surface area contributed by atoms with Gasteiger partial charge in [-0.05, 0) is 25.7 Å². The standard InChI is InChI=1S/C7H14O.C2H4.CH4O/c1-6-3-4-8-7(2)5-6;2*1-2/h6-7H,3-5H2,1-2H3;1-2H2;2H,1H3/t6-,7-;;/m0../s1. The van der Waals surface area contributed by atoms with E-state index in [0.29, 0.717) is 6.10 Å². The maximum Gasteiger partial charge on any atom is 0.0549 e. The molecule has 0 spiro atoms. The molecule has 0 saturated carbocycles. The second-order valence-corrected chi connectivity index (χ2v) is 2.81. The number of rotatable bonds is 0. The molecular weight excluding hydrogens is 152 g/mol. The number of ether oxygens (including phenoxy) is 1. The first-order chi connectivity index (χ1) is 5.79. The van der Waals surface area contributed by atoms with Gasteiger partial charge in [-0.15, -0.1) is 13.2 Å². The quantitative estimate of drug-likeness (QED) is 0.571. The van der Waals surface area contributed by atoms with Gasteiger partial charge in [0.15, 0.2) is 0 Å². The summed E-state index contributed by atoms with van der Waals surface area (Å²) in [4.78, 5) is 0. The third-order valence-electron chi connectivity index (χ3n) is 1.75. The van der Waals surface area contributed by atoms with Crippen LogP contribution in [-0.4, -0.2) is 24.9 Å². The van der Waals surface area contributed by atoms with Crippen LogP contribution in [-0.2, 0) is 4.74 Å². The minimum absolute atomic E-state index is 0.513. The van der Waals surface area contributed by atoms with E-state index in [4.69, 9.17) is 9.84 Å². The Balaban J connectivity index is 0. The summed E-state index contributed by atoms with van der Waals surface area (Å²) in [6.07, 6.45) is 3.02. The topological polar surface area (TPSA) is 29.5 Å². The van der Waals surface area contributed by atoms with Gasteiger partial charge in [0.05, 0.1) is 6.10 Å². The number of aliphatic hydroxyl groups excluding tert-OH is 1. The van der Waals surface area contributed by atoms with Gasteiger partial charge in [0, 0.05) is 13.7 Å². The molecule has 0 bridgehead atoms. The Morgan fingerprint density at radius 3 is 2.00 bits per heavy atom. The third-order valence-corrected chi connectivity index (χ3v) is 1.75. The number of hydrogen-bond donors (Lipinski definition) is 1. The van der Waals surface area contributed by atoms with Gasteiger partial charge >= 0.3 is 0 Å². The molecule has 0 radical (unpaired) electrons. The van der Waals surface area contributed by atoms with Gasteiger partial charge in [-0.2, -0.15) is 0 Å². The van der Waals surface area contributed by atoms with Crippen molar-refractivity contribution in [1.29, 1.82) is 0 Å². The molecule has 1 aliphatic heterocycles. The lowest BCUT2D eigenvalue weighted by Crippen LogP contribution is -2.20. The second-order valence-electron chi connectivity index (χ2n) is 2.81. The molecule has 1 N–H and O–H groups in total. The van der Waals surface area contributed by atoms with Crippen molar-refractivity contribution < 1.29 is 9.84 Å². The summed E-state index contributed by atoms with van der Waals surface area (Å²) in [6.45, 7) is 11.4. The normalized spacial score (nSPS) is 27.3. The largest absolute Gasteiger partial charge is 0.400 e. The van der Waals surface area contributed by atoms with Crippen LogP contribution < -0.4 is 0 Å². The summed E-state index contributed by atoms with van der Waals surface area (Å²) in [5.74, 6) is 0.888. The van der Waals surface area contributed by atoms with Crippen LogP contribution in [0, 0.1) is 5.92 Å². The Kier molecular flexibility index (Phi) is 12.6. The van der Waals surface area contributed by atoms with Gasteiger partial charge < -0.3 is 9.84 Å². The van der Waals surface area contributed by atoms with E-state index in [2.05, 4.69) is 27.0 Å². The highest BCUT2D eigenvalue weighted by atomic mass is 16.5. The molecule has 0 aromatic carbocycles. The Morgan fingerprint density at radius 2 is 1.75 bits per heavy atom. The predicted octanol–water partition coefficient (Wildman–Crippen LogP) is 2.23. The highest BCUT2D eigenvalue weighted by Crippen LogP contribution is 2.18. The Bertz CT molecular complexity index is 75.9. The Labute approximate surface area is 76.2 Å². The van der Waals surface area contributed by atoms with Crippen LogP contribution in [0.1, 0.15) is 26.7 Å². The summed E-state index contributed by atoms with van der Waals surface area (Å²) in [5, 5.41) is 7.00. The van der Waals surface area contributed by atoms with Crippen LogP contribution in [0.2, 0.25) is 0 Å². The summed E-state index contributed by atoms with van der Waals surface area (Å²) < 4.78 is 5.35. The Hall–Kier alpha value is -0.340. The van der Waals surface area contributed by atoms with Crippen LogP contribution in [0.25, 0.3) is 0 Å². The van der Waals surface area contributed by atoms with E-state index in [1.54, 1.807) is 0 Å². The first kappa shape index (κ1) is 14.2. The average molecular weight is 174 g/mol. The van der Waals surface area contributed by atoms with E-state index in [9.17, 15) is 0 Å². The zero-order valence-electron chi connectivity index (χ0n) is 8.55. The molecule has 12 heavy (non-hydrogen) atoms. The van der Waals surface area contributed by atoms with Crippen LogP contribution in [0.5, 0.6) is 0 Å². The van der Waals surface area contributed by atoms with Gasteiger partial charge in [-0.3, -0.25) is 0 Å². The van der Waals surface area contributed by atoms with Crippen LogP contribution in [0.3, 0.4) is 0 Å². The summed E-state index contributed by atoms with van der Waals surface area (Å²) >= 11 is 0. The third kappa shape index (κ3) is 7.76. The fourth-order valence-electron chi connectivity index (χ4n) is 1.22. The van der Waals surface area contributed by atoms with Crippen molar-refractivity contribution in [3.05, 3.63) is 13.2 Å². The average Bonchev–Trinajstić information content (AvgIpc) is 2.11. The van der Waals surface area contributed by atoms with E-state index in [1.165, 1.54) is 12.8 Å². The summed E-state index contributed by atoms with van der Waals surface area (Å²) in [6, 6.07) is 0. The number of aliphatic hydroxyl groups is 1. The van der Waals surface area contributed by atoms with Crippen LogP contribution in [0.4, 0.5) is 0 Å². The molecule has 0 amide bonds. The van der Waals surface area contributed by atoms with Crippen molar-refractivity contribution in [2.45, 2.75) is 32.8 Å². The SMILES string of the molecule is C=C.CO.C[C@H]1CCO[C@@H](C)C1. The van der Waals surface area contributed by atoms with Crippen molar-refractivity contribution in [2.75, 3.05) is 13.7 Å². The minimum atomic E-state index is 0.513. The lowest BCUT2D eigenvalue weighted by atomic mass is 9.99. The monoisotopic (exact) mass is 174 g/mol. The fourth-order valence-corrected chi connectivity index (χ4v) is 1.22. The zero-order valence-corrected chi connectivity index (χ0v) is 8.55. The first-order valence-electron chi connectivity index (χ1n) is 4.35. The van der Waals surface area contributed by atoms with Crippen LogP contribution >= 0.6 is 0 Å². The van der Waals surface area contributed by atoms with E-state index in [-0.39, 0.29) is 0 Å². The minimum Gasteiger partial charge on any atom is -0.400 e. The van der Waals surface area contributed by atoms with Crippen molar-refractivity contribution in [2.24, 2.45) is 5.92 Å². The zero-order chi connectivity index (χ0) is 9.98. The van der Waals surface area contributed by atoms with Crippen molar-refractivity contribution in [3.8, 4) is 0 Å². The van der Waals surface area contributed by atoms with Gasteiger partial charge in [-0.1, -0.05) is 6.92 Å². The predicted molar refractivity (Wildman–Crippen MR) is 53.2 cm³/mol. The van der Waals surface area contributed by atoms with E-state index >= 15 is 0 Å². The Morgan fingerprint density at radius 1 is 1.25 bits per heavy atom. The highest BCUT2D eigenvalue weighted by molar-refractivity contribution is 4.63. The maximum atomic E-state index is 7.00. The van der Waals surface area contributed by atoms with Gasteiger partial charge in [0.25, 0.3) is 0 Å². The smallest absolute Gasteiger partial charge is 0.0549 e. The molecule has 0 unspecified atom stereocenters. The molecule has 0 aromatic heterocycles. The molecule has 2 heteroatoms. The van der Waals surface area contributed by atoms with E-state index < -0.39 is 0 Å². The number of hydrogen-bond acceptors (Lipinski definition) is 2. The van der Waals surface area contributed by atoms with Crippen molar-refractivity contribution in [3.63, 3.8) is 0 Å². The molecule has 0 aromatic rings. The van der Waals surface area contributed by atoms with E-state index in [0.717, 1.165) is 19.6 Å². The second kappa shape index (κ2) is 10.7. The first-order valence-corrected chi connectivity index (χ1v) is 4.35. The summed E-state index contributed by atoms with van der Waals surface area (Å²) in [5.41, 5.74) is 0. The molecule has 1 rings (SSSR count). The molecular formula is C10H22O2. The maximum absolute atomic E-state index is 7.00. The molecule has 2 atom stereocenters. The van der Waals surface area contributed by atoms with Crippen molar-refractivity contribution >= 4 is 0 Å². The lowest BCUT2D eigenvalue weighted by molar-refractivity contribution is 0.00682. The highest BCUT2D eigenvalue weighted by Gasteiger charge is 2.13. The van der Waals surface area contributed by atoms with Gasteiger partial charge in [-0.25, -0.2) is 0 Å². The lowest BCUT2D eigenvalue weighted by Gasteiger charge is -2.23. The molecule has 1 aliphatic rings. The summed E-state index contributed by atoms with van der Waals surface area (Å²) in [7, 11) is 1.00. The van der Waals surface area contributed by atoms with E-state index in [1.807, 2.05) is 0 Å².